The van der Waals surface area contributed by atoms with E-state index in [4.69, 9.17) is 32.8 Å². The topological polar surface area (TPSA) is 261 Å². The molecular weight excluding hydrogens is 730 g/mol. The molecule has 0 unspecified atom stereocenters. The van der Waals surface area contributed by atoms with Crippen LogP contribution in [0.2, 0.25) is 0 Å². The van der Waals surface area contributed by atoms with Crippen LogP contribution in [0.3, 0.4) is 0 Å². The number of carbonyl (C=O) groups is 8. The second kappa shape index (κ2) is 18.2. The number of anilines is 1. The first-order chi connectivity index (χ1) is 26.2. The zero-order valence-electron chi connectivity index (χ0n) is 29.2. The Morgan fingerprint density at radius 1 is 0.618 bits per heavy atom. The summed E-state index contributed by atoms with van der Waals surface area (Å²) in [6, 6.07) is 15.0. The molecule has 19 nitrogen and oxygen atoms in total. The standard InChI is InChI=1S/C36H31N3O16/c1-18(40)52-24-13-9-21(16-27(24)49-3)35(47)54-29(30(34(45)46)55-36(48)22-10-14-25(53-19(2)41)28(17-22)50-4)33(44)39-38-31(42)20-7-11-23(12-8-20)37-32(43)26-6-5-15-51-26/h5-17,29-30H,1-4H3,(H,37,43)(H,38,42)(H,39,44)(H,45,46)/t29-,30+/m1/s1. The molecule has 4 N–H and O–H groups in total. The maximum absolute atomic E-state index is 13.5. The number of hydrogen-bond donors (Lipinski definition) is 4. The average Bonchev–Trinajstić information content (AvgIpc) is 3.70. The molecule has 0 saturated heterocycles. The van der Waals surface area contributed by atoms with Gasteiger partial charge in [0.15, 0.2) is 28.8 Å². The number of ether oxygens (including phenoxy) is 6. The molecule has 1 aromatic heterocycles. The molecule has 4 aromatic rings. The van der Waals surface area contributed by atoms with Crippen LogP contribution in [0.25, 0.3) is 0 Å². The number of amides is 3. The van der Waals surface area contributed by atoms with Crippen molar-refractivity contribution >= 4 is 53.3 Å². The number of esters is 4. The fourth-order valence-corrected chi connectivity index (χ4v) is 4.50. The van der Waals surface area contributed by atoms with Crippen LogP contribution in [0.1, 0.15) is 55.5 Å². The van der Waals surface area contributed by atoms with Crippen molar-refractivity contribution in [3.8, 4) is 23.0 Å². The van der Waals surface area contributed by atoms with Crippen molar-refractivity contribution in [2.45, 2.75) is 26.1 Å². The molecular formula is C36H31N3O16. The highest BCUT2D eigenvalue weighted by atomic mass is 16.6. The van der Waals surface area contributed by atoms with Gasteiger partial charge < -0.3 is 43.3 Å². The normalized spacial score (nSPS) is 11.4. The number of furan rings is 1. The first-order valence-electron chi connectivity index (χ1n) is 15.6. The highest BCUT2D eigenvalue weighted by Crippen LogP contribution is 2.30. The molecule has 0 radical (unpaired) electrons. The Kier molecular flexibility index (Phi) is 13.2. The van der Waals surface area contributed by atoms with Crippen molar-refractivity contribution in [2.24, 2.45) is 0 Å². The van der Waals surface area contributed by atoms with Gasteiger partial charge in [-0.25, -0.2) is 14.4 Å². The molecule has 55 heavy (non-hydrogen) atoms. The van der Waals surface area contributed by atoms with Gasteiger partial charge in [0.05, 0.1) is 31.6 Å². The van der Waals surface area contributed by atoms with Crippen LogP contribution in [-0.4, -0.2) is 79.1 Å². The first kappa shape index (κ1) is 40.1. The summed E-state index contributed by atoms with van der Waals surface area (Å²) >= 11 is 0. The van der Waals surface area contributed by atoms with Crippen LogP contribution in [0, 0.1) is 0 Å². The second-order valence-electron chi connectivity index (χ2n) is 10.9. The molecule has 0 fully saturated rings. The minimum Gasteiger partial charge on any atom is -0.493 e. The van der Waals surface area contributed by atoms with Gasteiger partial charge in [-0.05, 0) is 72.8 Å². The van der Waals surface area contributed by atoms with Gasteiger partial charge in [-0.1, -0.05) is 0 Å². The summed E-state index contributed by atoms with van der Waals surface area (Å²) < 4.78 is 35.7. The number of hydrazine groups is 1. The van der Waals surface area contributed by atoms with Crippen LogP contribution < -0.4 is 35.1 Å². The molecule has 0 aliphatic heterocycles. The Bertz CT molecular complexity index is 2110. The summed E-state index contributed by atoms with van der Waals surface area (Å²) in [5.74, 6) is -9.32. The van der Waals surface area contributed by atoms with Crippen molar-refractivity contribution in [2.75, 3.05) is 19.5 Å². The summed E-state index contributed by atoms with van der Waals surface area (Å²) in [6.07, 6.45) is -3.68. The van der Waals surface area contributed by atoms with E-state index in [9.17, 15) is 43.5 Å². The summed E-state index contributed by atoms with van der Waals surface area (Å²) in [5.41, 5.74) is 3.58. The highest BCUT2D eigenvalue weighted by Gasteiger charge is 2.41. The van der Waals surface area contributed by atoms with Gasteiger partial charge in [-0.15, -0.1) is 0 Å². The molecule has 0 aliphatic rings. The lowest BCUT2D eigenvalue weighted by atomic mass is 10.1. The van der Waals surface area contributed by atoms with E-state index in [1.807, 2.05) is 10.9 Å². The van der Waals surface area contributed by atoms with Gasteiger partial charge in [0.1, 0.15) is 0 Å². The number of hydrogen-bond acceptors (Lipinski definition) is 15. The third kappa shape index (κ3) is 10.7. The van der Waals surface area contributed by atoms with Crippen LogP contribution in [-0.2, 0) is 28.7 Å². The lowest BCUT2D eigenvalue weighted by Gasteiger charge is -2.24. The number of carboxylic acid groups (broad SMARTS) is 1. The number of benzene rings is 3. The van der Waals surface area contributed by atoms with E-state index in [0.717, 1.165) is 38.1 Å². The SMILES string of the molecule is COc1cc(C(=O)O[C@H](C(=O)O)[C@@H](OC(=O)c2ccc(OC(C)=O)c(OC)c2)C(=O)NNC(=O)c2ccc(NC(=O)c3ccco3)cc2)ccc1OC(C)=O. The van der Waals surface area contributed by atoms with Crippen LogP contribution in [0.15, 0.2) is 83.5 Å². The maximum atomic E-state index is 13.5. The Morgan fingerprint density at radius 3 is 1.58 bits per heavy atom. The molecule has 2 atom stereocenters. The van der Waals surface area contributed by atoms with Gasteiger partial charge in [0.2, 0.25) is 12.2 Å². The fraction of sp³-hybridized carbons (Fsp3) is 0.167. The number of aliphatic carboxylic acids is 1. The number of methoxy groups -OCH3 is 2. The van der Waals surface area contributed by atoms with E-state index in [-0.39, 0.29) is 51.1 Å². The summed E-state index contributed by atoms with van der Waals surface area (Å²) in [7, 11) is 2.41. The molecule has 0 bridgehead atoms. The number of carboxylic acids is 1. The smallest absolute Gasteiger partial charge is 0.349 e. The molecule has 3 aromatic carbocycles. The fourth-order valence-electron chi connectivity index (χ4n) is 4.50. The van der Waals surface area contributed by atoms with Gasteiger partial charge in [-0.3, -0.25) is 34.8 Å². The van der Waals surface area contributed by atoms with E-state index in [2.05, 4.69) is 5.32 Å². The number of rotatable bonds is 14. The van der Waals surface area contributed by atoms with E-state index in [1.165, 1.54) is 69.0 Å². The predicted molar refractivity (Wildman–Crippen MR) is 183 cm³/mol. The molecule has 3 amide bonds. The average molecular weight is 762 g/mol. The molecule has 286 valence electrons. The minimum absolute atomic E-state index is 0.0418. The van der Waals surface area contributed by atoms with Crippen LogP contribution >= 0.6 is 0 Å². The van der Waals surface area contributed by atoms with E-state index in [1.54, 1.807) is 0 Å². The molecule has 0 saturated carbocycles. The zero-order valence-corrected chi connectivity index (χ0v) is 29.2. The summed E-state index contributed by atoms with van der Waals surface area (Å²) in [6.45, 7) is 2.25. The minimum atomic E-state index is -2.54. The molecule has 19 heteroatoms. The van der Waals surface area contributed by atoms with Crippen molar-refractivity contribution in [1.29, 1.82) is 0 Å². The highest BCUT2D eigenvalue weighted by molar-refractivity contribution is 6.03. The largest absolute Gasteiger partial charge is 0.493 e. The Morgan fingerprint density at radius 2 is 1.13 bits per heavy atom. The molecule has 1 heterocycles. The van der Waals surface area contributed by atoms with E-state index >= 15 is 0 Å². The van der Waals surface area contributed by atoms with Crippen molar-refractivity contribution in [1.82, 2.24) is 10.9 Å². The Hall–Kier alpha value is -7.70. The monoisotopic (exact) mass is 761 g/mol. The number of carbonyl (C=O) groups excluding carboxylic acids is 7. The van der Waals surface area contributed by atoms with Crippen molar-refractivity contribution in [3.05, 3.63) is 102 Å². The second-order valence-corrected chi connectivity index (χ2v) is 10.9. The lowest BCUT2D eigenvalue weighted by Crippen LogP contribution is -2.54. The Balaban J connectivity index is 1.57. The van der Waals surface area contributed by atoms with Crippen molar-refractivity contribution < 1.29 is 76.3 Å². The van der Waals surface area contributed by atoms with Crippen LogP contribution in [0.5, 0.6) is 23.0 Å². The van der Waals surface area contributed by atoms with Gasteiger partial charge in [-0.2, -0.15) is 0 Å². The lowest BCUT2D eigenvalue weighted by molar-refractivity contribution is -0.159. The maximum Gasteiger partial charge on any atom is 0.349 e. The van der Waals surface area contributed by atoms with Gasteiger partial charge >= 0.3 is 29.8 Å². The number of nitrogens with one attached hydrogen (secondary N) is 3. The molecule has 4 rings (SSSR count). The third-order valence-electron chi connectivity index (χ3n) is 7.00. The predicted octanol–water partition coefficient (Wildman–Crippen LogP) is 2.70. The van der Waals surface area contributed by atoms with Crippen LogP contribution in [0.4, 0.5) is 5.69 Å². The summed E-state index contributed by atoms with van der Waals surface area (Å²) in [5, 5.41) is 12.7. The van der Waals surface area contributed by atoms with Gasteiger partial charge in [0, 0.05) is 25.1 Å². The van der Waals surface area contributed by atoms with E-state index in [0.29, 0.717) is 0 Å². The van der Waals surface area contributed by atoms with Crippen molar-refractivity contribution in [3.63, 3.8) is 0 Å². The molecule has 0 aliphatic carbocycles. The summed E-state index contributed by atoms with van der Waals surface area (Å²) in [4.78, 5) is 100. The Labute approximate surface area is 310 Å². The van der Waals surface area contributed by atoms with Gasteiger partial charge in [0.25, 0.3) is 17.7 Å². The third-order valence-corrected chi connectivity index (χ3v) is 7.00. The molecule has 0 spiro atoms. The zero-order chi connectivity index (χ0) is 40.2. The quantitative estimate of drug-likeness (QED) is 0.0818. The first-order valence-corrected chi connectivity index (χ1v) is 15.6. The van der Waals surface area contributed by atoms with E-state index < -0.39 is 59.8 Å².